The number of nitrogens with one attached hydrogen (secondary N) is 2. The molecule has 138 valence electrons. The van der Waals surface area contributed by atoms with Crippen LogP contribution in [0.3, 0.4) is 0 Å². The van der Waals surface area contributed by atoms with Gasteiger partial charge < -0.3 is 16.4 Å². The van der Waals surface area contributed by atoms with Crippen LogP contribution in [0.1, 0.15) is 23.2 Å². The molecule has 1 aromatic carbocycles. The number of nitro groups is 1. The smallest absolute Gasteiger partial charge is 0.283 e. The van der Waals surface area contributed by atoms with E-state index in [2.05, 4.69) is 10.6 Å². The minimum atomic E-state index is -0.728. The zero-order valence-corrected chi connectivity index (χ0v) is 15.2. The van der Waals surface area contributed by atoms with E-state index in [0.717, 1.165) is 43.8 Å². The Kier molecular flexibility index (Phi) is 8.67. The van der Waals surface area contributed by atoms with Crippen LogP contribution in [0.5, 0.6) is 0 Å². The molecule has 1 unspecified atom stereocenters. The normalized spacial score (nSPS) is 16.1. The summed E-state index contributed by atoms with van der Waals surface area (Å²) in [7, 11) is 0. The third-order valence-corrected chi connectivity index (χ3v) is 4.90. The lowest BCUT2D eigenvalue weighted by molar-refractivity contribution is -0.387. The lowest BCUT2D eigenvalue weighted by Gasteiger charge is -2.09. The third kappa shape index (κ3) is 6.52. The Bertz CT molecular complexity index is 638. The summed E-state index contributed by atoms with van der Waals surface area (Å²) in [6.07, 6.45) is 2.06. The number of thioether (sulfide) groups is 1. The van der Waals surface area contributed by atoms with Crippen LogP contribution in [0.25, 0.3) is 0 Å². The van der Waals surface area contributed by atoms with E-state index in [1.807, 2.05) is 0 Å². The van der Waals surface area contributed by atoms with Crippen molar-refractivity contribution in [1.82, 2.24) is 10.6 Å². The molecule has 25 heavy (non-hydrogen) atoms. The number of amides is 2. The van der Waals surface area contributed by atoms with Crippen molar-refractivity contribution in [1.29, 1.82) is 0 Å². The van der Waals surface area contributed by atoms with Crippen molar-refractivity contribution < 1.29 is 14.5 Å². The first kappa shape index (κ1) is 21.2. The maximum atomic E-state index is 11.9. The van der Waals surface area contributed by atoms with Gasteiger partial charge in [0, 0.05) is 18.2 Å². The summed E-state index contributed by atoms with van der Waals surface area (Å²) in [5.74, 6) is -0.215. The second kappa shape index (κ2) is 10.2. The van der Waals surface area contributed by atoms with Crippen molar-refractivity contribution in [2.75, 3.05) is 25.4 Å². The predicted octanol–water partition coefficient (Wildman–Crippen LogP) is 1.32. The first-order chi connectivity index (χ1) is 11.5. The topological polar surface area (TPSA) is 127 Å². The van der Waals surface area contributed by atoms with Gasteiger partial charge in [0.15, 0.2) is 0 Å². The summed E-state index contributed by atoms with van der Waals surface area (Å²) in [6.45, 7) is 2.62. The number of nitrogens with zero attached hydrogens (tertiary/aromatic N) is 1. The van der Waals surface area contributed by atoms with Gasteiger partial charge in [-0.25, -0.2) is 0 Å². The fraction of sp³-hybridized carbons (Fsp3) is 0.467. The number of rotatable bonds is 8. The Morgan fingerprint density at radius 2 is 2.20 bits per heavy atom. The summed E-state index contributed by atoms with van der Waals surface area (Å²) < 4.78 is 0. The largest absolute Gasteiger partial charge is 0.366 e. The molecule has 8 nitrogen and oxygen atoms in total. The molecule has 0 spiro atoms. The zero-order chi connectivity index (χ0) is 17.5. The molecule has 1 saturated heterocycles. The van der Waals surface area contributed by atoms with Gasteiger partial charge in [0.25, 0.3) is 5.69 Å². The number of carbonyl (C=O) groups is 2. The number of halogens is 1. The molecule has 1 aromatic rings. The standard InChI is InChI=1S/C15H20N4O4S.ClH/c16-15(21)11-1-2-13(12(7-11)19(22)23)24-9-14(20)18-6-4-10-3-5-17-8-10;/h1-2,7,10,17H,3-6,8-9H2,(H2,16,21)(H,18,20);1H. The van der Waals surface area contributed by atoms with Crippen molar-refractivity contribution in [2.24, 2.45) is 11.7 Å². The minimum absolute atomic E-state index is 0. The number of nitrogens with two attached hydrogens (primary N) is 1. The third-order valence-electron chi connectivity index (χ3n) is 3.84. The van der Waals surface area contributed by atoms with Gasteiger partial charge in [-0.1, -0.05) is 0 Å². The van der Waals surface area contributed by atoms with E-state index in [1.165, 1.54) is 12.1 Å². The van der Waals surface area contributed by atoms with Crippen LogP contribution in [0.15, 0.2) is 23.1 Å². The monoisotopic (exact) mass is 388 g/mol. The lowest BCUT2D eigenvalue weighted by atomic mass is 10.1. The van der Waals surface area contributed by atoms with Crippen molar-refractivity contribution in [3.63, 3.8) is 0 Å². The van der Waals surface area contributed by atoms with E-state index in [4.69, 9.17) is 5.73 Å². The summed E-state index contributed by atoms with van der Waals surface area (Å²) in [4.78, 5) is 33.8. The van der Waals surface area contributed by atoms with E-state index in [1.54, 1.807) is 0 Å². The molecule has 0 bridgehead atoms. The summed E-state index contributed by atoms with van der Waals surface area (Å²) in [5, 5.41) is 17.2. The van der Waals surface area contributed by atoms with Gasteiger partial charge in [-0.05, 0) is 44.0 Å². The Labute approximate surface area is 155 Å². The molecule has 1 atom stereocenters. The average molecular weight is 389 g/mol. The number of hydrogen-bond donors (Lipinski definition) is 3. The average Bonchev–Trinajstić information content (AvgIpc) is 3.06. The number of hydrogen-bond acceptors (Lipinski definition) is 6. The number of carbonyl (C=O) groups excluding carboxylic acids is 2. The molecule has 2 amide bonds. The van der Waals surface area contributed by atoms with Crippen molar-refractivity contribution in [2.45, 2.75) is 17.7 Å². The predicted molar refractivity (Wildman–Crippen MR) is 98.2 cm³/mol. The van der Waals surface area contributed by atoms with E-state index in [0.29, 0.717) is 17.4 Å². The van der Waals surface area contributed by atoms with E-state index >= 15 is 0 Å². The second-order valence-electron chi connectivity index (χ2n) is 5.59. The van der Waals surface area contributed by atoms with Crippen LogP contribution in [0.4, 0.5) is 5.69 Å². The highest BCUT2D eigenvalue weighted by molar-refractivity contribution is 8.00. The molecule has 4 N–H and O–H groups in total. The molecule has 1 aliphatic heterocycles. The number of benzene rings is 1. The molecule has 0 aliphatic carbocycles. The minimum Gasteiger partial charge on any atom is -0.366 e. The maximum Gasteiger partial charge on any atom is 0.283 e. The van der Waals surface area contributed by atoms with Gasteiger partial charge in [-0.2, -0.15) is 0 Å². The van der Waals surface area contributed by atoms with Crippen LogP contribution >= 0.6 is 24.2 Å². The van der Waals surface area contributed by atoms with Gasteiger partial charge in [-0.15, -0.1) is 24.2 Å². The highest BCUT2D eigenvalue weighted by Crippen LogP contribution is 2.29. The quantitative estimate of drug-likeness (QED) is 0.350. The Balaban J connectivity index is 0.00000312. The molecule has 1 heterocycles. The van der Waals surface area contributed by atoms with Crippen LogP contribution in [0, 0.1) is 16.0 Å². The van der Waals surface area contributed by atoms with Gasteiger partial charge in [0.05, 0.1) is 15.6 Å². The summed E-state index contributed by atoms with van der Waals surface area (Å²) >= 11 is 1.07. The van der Waals surface area contributed by atoms with E-state index in [-0.39, 0.29) is 35.3 Å². The summed E-state index contributed by atoms with van der Waals surface area (Å²) in [6, 6.07) is 4.00. The fourth-order valence-electron chi connectivity index (χ4n) is 2.51. The number of nitro benzene ring substituents is 1. The molecule has 10 heteroatoms. The Hall–Kier alpha value is -1.84. The molecule has 1 aliphatic rings. The second-order valence-corrected chi connectivity index (χ2v) is 6.61. The molecular formula is C15H21ClN4O4S. The van der Waals surface area contributed by atoms with Gasteiger partial charge >= 0.3 is 0 Å². The molecule has 0 aromatic heterocycles. The van der Waals surface area contributed by atoms with Crippen LogP contribution in [-0.4, -0.2) is 42.1 Å². The zero-order valence-electron chi connectivity index (χ0n) is 13.5. The molecule has 1 fully saturated rings. The van der Waals surface area contributed by atoms with Crippen LogP contribution < -0.4 is 16.4 Å². The van der Waals surface area contributed by atoms with Crippen molar-refractivity contribution in [3.05, 3.63) is 33.9 Å². The molecule has 0 radical (unpaired) electrons. The first-order valence-corrected chi connectivity index (χ1v) is 8.64. The maximum absolute atomic E-state index is 11.9. The van der Waals surface area contributed by atoms with Crippen LogP contribution in [0.2, 0.25) is 0 Å². The highest BCUT2D eigenvalue weighted by atomic mass is 35.5. The van der Waals surface area contributed by atoms with Crippen molar-refractivity contribution in [3.8, 4) is 0 Å². The van der Waals surface area contributed by atoms with Gasteiger partial charge in [0.2, 0.25) is 11.8 Å². The first-order valence-electron chi connectivity index (χ1n) is 7.66. The van der Waals surface area contributed by atoms with E-state index < -0.39 is 10.8 Å². The fourth-order valence-corrected chi connectivity index (χ4v) is 3.34. The summed E-state index contributed by atoms with van der Waals surface area (Å²) in [5.41, 5.74) is 4.97. The molecule has 0 saturated carbocycles. The van der Waals surface area contributed by atoms with Gasteiger partial charge in [0.1, 0.15) is 0 Å². The SMILES string of the molecule is Cl.NC(=O)c1ccc(SCC(=O)NCCC2CCNC2)c([N+](=O)[O-])c1. The highest BCUT2D eigenvalue weighted by Gasteiger charge is 2.18. The van der Waals surface area contributed by atoms with Gasteiger partial charge in [-0.3, -0.25) is 19.7 Å². The Morgan fingerprint density at radius 3 is 2.80 bits per heavy atom. The van der Waals surface area contributed by atoms with Crippen molar-refractivity contribution >= 4 is 41.7 Å². The molecular weight excluding hydrogens is 368 g/mol. The van der Waals surface area contributed by atoms with E-state index in [9.17, 15) is 19.7 Å². The molecule has 2 rings (SSSR count). The number of primary amides is 1. The Morgan fingerprint density at radius 1 is 1.44 bits per heavy atom. The van der Waals surface area contributed by atoms with Crippen LogP contribution in [-0.2, 0) is 4.79 Å². The lowest BCUT2D eigenvalue weighted by Crippen LogP contribution is -2.27.